The maximum Gasteiger partial charge on any atom is 0.251 e. The molecule has 9 heteroatoms. The molecule has 2 aliphatic rings. The highest BCUT2D eigenvalue weighted by molar-refractivity contribution is 6.30. The Balaban J connectivity index is 1.55. The van der Waals surface area contributed by atoms with Crippen LogP contribution >= 0.6 is 11.6 Å². The monoisotopic (exact) mass is 466 g/mol. The van der Waals surface area contributed by atoms with Gasteiger partial charge in [0, 0.05) is 18.1 Å². The number of carbonyl (C=O) groups excluding carboxylic acids is 1. The molecule has 0 saturated carbocycles. The first kappa shape index (κ1) is 21.6. The molecule has 1 atom stereocenters. The van der Waals surface area contributed by atoms with E-state index >= 15 is 0 Å². The summed E-state index contributed by atoms with van der Waals surface area (Å²) >= 11 is 6.13. The number of hydrogen-bond donors (Lipinski definition) is 0. The van der Waals surface area contributed by atoms with E-state index in [0.29, 0.717) is 11.0 Å². The Morgan fingerprint density at radius 2 is 1.70 bits per heavy atom. The van der Waals surface area contributed by atoms with Gasteiger partial charge in [-0.1, -0.05) is 53.8 Å². The second-order valence-corrected chi connectivity index (χ2v) is 8.80. The van der Waals surface area contributed by atoms with Crippen LogP contribution in [0.2, 0.25) is 5.02 Å². The number of carbonyl (C=O) groups is 1. The normalized spacial score (nSPS) is 18.5. The second-order valence-electron chi connectivity index (χ2n) is 8.36. The Morgan fingerprint density at radius 1 is 1.00 bits per heavy atom. The summed E-state index contributed by atoms with van der Waals surface area (Å²) in [6.07, 6.45) is 6.36. The Labute approximate surface area is 196 Å². The number of aromatic nitrogens is 4. The lowest BCUT2D eigenvalue weighted by molar-refractivity contribution is -0.129. The highest BCUT2D eigenvalue weighted by atomic mass is 35.5. The molecular formula is C24H24ClFN6O. The molecular weight excluding hydrogens is 443 g/mol. The highest BCUT2D eigenvalue weighted by Crippen LogP contribution is 2.36. The third kappa shape index (κ3) is 4.48. The zero-order valence-electron chi connectivity index (χ0n) is 18.1. The van der Waals surface area contributed by atoms with E-state index in [1.807, 2.05) is 40.1 Å². The van der Waals surface area contributed by atoms with Gasteiger partial charge >= 0.3 is 0 Å². The van der Waals surface area contributed by atoms with E-state index < -0.39 is 0 Å². The second kappa shape index (κ2) is 9.31. The quantitative estimate of drug-likeness (QED) is 0.573. The number of amides is 1. The molecule has 7 nitrogen and oxygen atoms in total. The maximum absolute atomic E-state index is 13.6. The molecule has 1 amide bonds. The van der Waals surface area contributed by atoms with Crippen LogP contribution in [0.5, 0.6) is 0 Å². The van der Waals surface area contributed by atoms with Crippen molar-refractivity contribution in [2.24, 2.45) is 0 Å². The Morgan fingerprint density at radius 3 is 2.39 bits per heavy atom. The molecule has 0 N–H and O–H groups in total. The van der Waals surface area contributed by atoms with Gasteiger partial charge in [0.05, 0.1) is 5.70 Å². The number of anilines is 1. The molecule has 1 aromatic heterocycles. The third-order valence-corrected chi connectivity index (χ3v) is 6.44. The predicted molar refractivity (Wildman–Crippen MR) is 124 cm³/mol. The Bertz CT molecular complexity index is 1150. The number of rotatable bonds is 4. The zero-order chi connectivity index (χ0) is 22.8. The topological polar surface area (TPSA) is 67.2 Å². The summed E-state index contributed by atoms with van der Waals surface area (Å²) in [5.74, 6) is 0.213. The fraction of sp³-hybridized carbons (Fsp3) is 0.333. The van der Waals surface area contributed by atoms with E-state index in [9.17, 15) is 9.18 Å². The van der Waals surface area contributed by atoms with Gasteiger partial charge in [-0.05, 0) is 64.7 Å². The minimum absolute atomic E-state index is 0.0477. The molecule has 1 fully saturated rings. The minimum atomic E-state index is -0.342. The molecule has 5 rings (SSSR count). The largest absolute Gasteiger partial charge is 0.341 e. The van der Waals surface area contributed by atoms with Gasteiger partial charge in [-0.3, -0.25) is 9.69 Å². The van der Waals surface area contributed by atoms with Crippen molar-refractivity contribution < 1.29 is 9.18 Å². The number of fused-ring (bicyclic) bond motifs is 1. The summed E-state index contributed by atoms with van der Waals surface area (Å²) in [4.78, 5) is 17.1. The van der Waals surface area contributed by atoms with E-state index in [1.165, 1.54) is 12.1 Å². The van der Waals surface area contributed by atoms with Crippen LogP contribution in [-0.2, 0) is 4.79 Å². The van der Waals surface area contributed by atoms with Crippen LogP contribution in [0, 0.1) is 5.82 Å². The highest BCUT2D eigenvalue weighted by Gasteiger charge is 2.33. The summed E-state index contributed by atoms with van der Waals surface area (Å²) in [6.45, 7) is 1.68. The van der Waals surface area contributed by atoms with Gasteiger partial charge in [0.15, 0.2) is 0 Å². The van der Waals surface area contributed by atoms with Gasteiger partial charge in [0.25, 0.3) is 5.95 Å². The standard InChI is InChI=1S/C24H24ClFN6O/c25-19-9-5-17(6-10-19)21-15-22(18-7-11-20(26)12-8-18)32-24(27-28-29-32)31(21)16-23(33)30-13-3-1-2-4-14-30/h5-12,15,22H,1-4,13-14,16H2. The van der Waals surface area contributed by atoms with Crippen LogP contribution in [0.3, 0.4) is 0 Å². The molecule has 3 heterocycles. The lowest BCUT2D eigenvalue weighted by Crippen LogP contribution is -2.42. The van der Waals surface area contributed by atoms with Crippen molar-refractivity contribution in [2.75, 3.05) is 24.5 Å². The predicted octanol–water partition coefficient (Wildman–Crippen LogP) is 4.32. The minimum Gasteiger partial charge on any atom is -0.341 e. The fourth-order valence-corrected chi connectivity index (χ4v) is 4.57. The first-order valence-corrected chi connectivity index (χ1v) is 11.5. The smallest absolute Gasteiger partial charge is 0.251 e. The number of allylic oxidation sites excluding steroid dienone is 1. The molecule has 170 valence electrons. The fourth-order valence-electron chi connectivity index (χ4n) is 4.45. The van der Waals surface area contributed by atoms with Gasteiger partial charge < -0.3 is 4.90 Å². The number of likely N-dealkylation sites (tertiary alicyclic amines) is 1. The molecule has 2 aliphatic heterocycles. The number of hydrogen-bond acceptors (Lipinski definition) is 5. The van der Waals surface area contributed by atoms with Crippen molar-refractivity contribution in [3.8, 4) is 0 Å². The van der Waals surface area contributed by atoms with Gasteiger partial charge in [0.1, 0.15) is 18.4 Å². The molecule has 1 saturated heterocycles. The first-order chi connectivity index (χ1) is 16.1. The van der Waals surface area contributed by atoms with E-state index in [-0.39, 0.29) is 24.3 Å². The SMILES string of the molecule is O=C(CN1C(c2ccc(Cl)cc2)=CC(c2ccc(F)cc2)n2nnnc21)N1CCCCCC1. The zero-order valence-corrected chi connectivity index (χ0v) is 18.8. The van der Waals surface area contributed by atoms with Crippen LogP contribution < -0.4 is 4.90 Å². The summed E-state index contributed by atoms with van der Waals surface area (Å²) < 4.78 is 15.2. The maximum atomic E-state index is 13.6. The molecule has 0 radical (unpaired) electrons. The number of halogens is 2. The number of nitrogens with zero attached hydrogens (tertiary/aromatic N) is 6. The number of tetrazole rings is 1. The summed E-state index contributed by atoms with van der Waals surface area (Å²) in [5.41, 5.74) is 2.55. The van der Waals surface area contributed by atoms with Crippen molar-refractivity contribution in [1.29, 1.82) is 0 Å². The molecule has 0 aliphatic carbocycles. The average Bonchev–Trinajstić information content (AvgIpc) is 3.15. The van der Waals surface area contributed by atoms with Crippen LogP contribution in [-0.4, -0.2) is 50.6 Å². The van der Waals surface area contributed by atoms with Gasteiger partial charge in [-0.2, -0.15) is 4.68 Å². The van der Waals surface area contributed by atoms with Gasteiger partial charge in [0.2, 0.25) is 5.91 Å². The first-order valence-electron chi connectivity index (χ1n) is 11.2. The van der Waals surface area contributed by atoms with E-state index in [4.69, 9.17) is 11.6 Å². The molecule has 33 heavy (non-hydrogen) atoms. The van der Waals surface area contributed by atoms with Crippen molar-refractivity contribution in [2.45, 2.75) is 31.7 Å². The Hall–Kier alpha value is -3.26. The van der Waals surface area contributed by atoms with Crippen LogP contribution in [0.15, 0.2) is 54.6 Å². The van der Waals surface area contributed by atoms with Crippen molar-refractivity contribution in [3.05, 3.63) is 76.6 Å². The molecule has 2 aromatic carbocycles. The van der Waals surface area contributed by atoms with Crippen molar-refractivity contribution in [1.82, 2.24) is 25.1 Å². The van der Waals surface area contributed by atoms with Crippen molar-refractivity contribution in [3.63, 3.8) is 0 Å². The molecule has 1 unspecified atom stereocenters. The lowest BCUT2D eigenvalue weighted by Gasteiger charge is -2.34. The van der Waals surface area contributed by atoms with Crippen molar-refractivity contribution >= 4 is 29.2 Å². The summed E-state index contributed by atoms with van der Waals surface area (Å²) in [5, 5.41) is 13.0. The summed E-state index contributed by atoms with van der Waals surface area (Å²) in [6, 6.07) is 13.4. The van der Waals surface area contributed by atoms with Gasteiger partial charge in [-0.25, -0.2) is 4.39 Å². The van der Waals surface area contributed by atoms with E-state index in [2.05, 4.69) is 15.5 Å². The summed E-state index contributed by atoms with van der Waals surface area (Å²) in [7, 11) is 0. The number of benzene rings is 2. The lowest BCUT2D eigenvalue weighted by atomic mass is 10.0. The molecule has 0 spiro atoms. The molecule has 3 aromatic rings. The van der Waals surface area contributed by atoms with E-state index in [1.54, 1.807) is 16.8 Å². The third-order valence-electron chi connectivity index (χ3n) is 6.19. The Kier molecular flexibility index (Phi) is 6.09. The van der Waals surface area contributed by atoms with Crippen LogP contribution in [0.4, 0.5) is 10.3 Å². The average molecular weight is 467 g/mol. The van der Waals surface area contributed by atoms with Crippen LogP contribution in [0.25, 0.3) is 5.70 Å². The molecule has 0 bridgehead atoms. The van der Waals surface area contributed by atoms with Gasteiger partial charge in [-0.15, -0.1) is 0 Å². The van der Waals surface area contributed by atoms with Crippen LogP contribution in [0.1, 0.15) is 42.9 Å². The van der Waals surface area contributed by atoms with E-state index in [0.717, 1.165) is 55.6 Å².